The van der Waals surface area contributed by atoms with Crippen LogP contribution in [0.3, 0.4) is 0 Å². The number of rotatable bonds is 9. The van der Waals surface area contributed by atoms with Crippen LogP contribution in [0, 0.1) is 29.8 Å². The lowest BCUT2D eigenvalue weighted by Gasteiger charge is -2.43. The van der Waals surface area contributed by atoms with E-state index in [4.69, 9.17) is 20.6 Å². The van der Waals surface area contributed by atoms with E-state index in [0.29, 0.717) is 6.07 Å². The highest BCUT2D eigenvalue weighted by Crippen LogP contribution is 2.36. The molecule has 7 nitrogen and oxygen atoms in total. The Morgan fingerprint density at radius 2 is 1.88 bits per heavy atom. The average molecular weight is 485 g/mol. The molecule has 0 radical (unpaired) electrons. The van der Waals surface area contributed by atoms with E-state index in [0.717, 1.165) is 6.07 Å². The average Bonchev–Trinajstić information content (AvgIpc) is 2.73. The maximum absolute atomic E-state index is 14.6. The first-order chi connectivity index (χ1) is 15.9. The van der Waals surface area contributed by atoms with Crippen LogP contribution in [0.25, 0.3) is 0 Å². The van der Waals surface area contributed by atoms with E-state index in [9.17, 15) is 22.8 Å². The normalized spacial score (nSPS) is 20.7. The summed E-state index contributed by atoms with van der Waals surface area (Å²) in [4.78, 5) is 26.9. The molecule has 3 unspecified atom stereocenters. The standard InChI is InChI=1S/C24H31F3N2O5/c1-6-8-32-10-11-33-9-7-29-15(2)17(18-12-16(25)13-19(26)21(18)27)14-20(22(29)30)28-23(31)34-24(3,4)5/h1,12-13,15,17,20H,7-11,14H2,2-5H3,(H,28,31). The molecule has 0 saturated carbocycles. The quantitative estimate of drug-likeness (QED) is 0.331. The second kappa shape index (κ2) is 12.1. The smallest absolute Gasteiger partial charge is 0.408 e. The zero-order chi connectivity index (χ0) is 25.5. The van der Waals surface area contributed by atoms with Crippen LogP contribution < -0.4 is 5.32 Å². The van der Waals surface area contributed by atoms with Crippen molar-refractivity contribution in [3.63, 3.8) is 0 Å². The number of piperidine rings is 1. The van der Waals surface area contributed by atoms with Gasteiger partial charge < -0.3 is 24.4 Å². The molecule has 2 amide bonds. The van der Waals surface area contributed by atoms with Gasteiger partial charge in [0.1, 0.15) is 24.1 Å². The summed E-state index contributed by atoms with van der Waals surface area (Å²) in [6, 6.07) is -0.332. The third-order valence-corrected chi connectivity index (χ3v) is 5.29. The fourth-order valence-electron chi connectivity index (χ4n) is 3.80. The van der Waals surface area contributed by atoms with E-state index in [1.165, 1.54) is 4.90 Å². The van der Waals surface area contributed by atoms with Gasteiger partial charge in [-0.1, -0.05) is 5.92 Å². The van der Waals surface area contributed by atoms with E-state index in [2.05, 4.69) is 11.2 Å². The van der Waals surface area contributed by atoms with Gasteiger partial charge in [0.15, 0.2) is 11.6 Å². The van der Waals surface area contributed by atoms with Crippen molar-refractivity contribution >= 4 is 12.0 Å². The summed E-state index contributed by atoms with van der Waals surface area (Å²) in [6.45, 7) is 7.56. The van der Waals surface area contributed by atoms with Gasteiger partial charge in [0.2, 0.25) is 5.91 Å². The fourth-order valence-corrected chi connectivity index (χ4v) is 3.80. The Morgan fingerprint density at radius 3 is 2.53 bits per heavy atom. The Bertz CT molecular complexity index is 913. The minimum atomic E-state index is -1.32. The number of carbonyl (C=O) groups excluding carboxylic acids is 2. The van der Waals surface area contributed by atoms with Gasteiger partial charge in [-0.25, -0.2) is 18.0 Å². The number of benzene rings is 1. The summed E-state index contributed by atoms with van der Waals surface area (Å²) >= 11 is 0. The van der Waals surface area contributed by atoms with Gasteiger partial charge in [0, 0.05) is 24.6 Å². The van der Waals surface area contributed by atoms with Crippen molar-refractivity contribution < 1.29 is 37.0 Å². The molecular formula is C24H31F3N2O5. The first-order valence-corrected chi connectivity index (χ1v) is 11.0. The predicted octanol–water partition coefficient (Wildman–Crippen LogP) is 3.37. The molecule has 1 fully saturated rings. The van der Waals surface area contributed by atoms with Crippen molar-refractivity contribution in [1.82, 2.24) is 10.2 Å². The van der Waals surface area contributed by atoms with Crippen molar-refractivity contribution in [3.8, 4) is 12.3 Å². The lowest BCUT2D eigenvalue weighted by molar-refractivity contribution is -0.140. The molecule has 10 heteroatoms. The molecule has 1 aliphatic heterocycles. The molecule has 1 aromatic carbocycles. The SMILES string of the molecule is C#CCOCCOCCN1C(=O)C(NC(=O)OC(C)(C)C)CC(c2cc(F)cc(F)c2F)C1C. The summed E-state index contributed by atoms with van der Waals surface area (Å²) in [5.74, 6) is -2.34. The van der Waals surface area contributed by atoms with Gasteiger partial charge in [0.25, 0.3) is 0 Å². The van der Waals surface area contributed by atoms with Crippen LogP contribution in [0.5, 0.6) is 0 Å². The number of likely N-dealkylation sites (tertiary alicyclic amines) is 1. The van der Waals surface area contributed by atoms with Crippen molar-refractivity contribution in [2.45, 2.75) is 57.7 Å². The summed E-state index contributed by atoms with van der Waals surface area (Å²) in [5, 5.41) is 2.51. The second-order valence-electron chi connectivity index (χ2n) is 8.97. The third kappa shape index (κ3) is 7.64. The van der Waals surface area contributed by atoms with Gasteiger partial charge in [-0.2, -0.15) is 0 Å². The molecule has 34 heavy (non-hydrogen) atoms. The number of ether oxygens (including phenoxy) is 3. The fraction of sp³-hybridized carbons (Fsp3) is 0.583. The maximum atomic E-state index is 14.6. The van der Waals surface area contributed by atoms with E-state index in [-0.39, 0.29) is 45.0 Å². The van der Waals surface area contributed by atoms with E-state index >= 15 is 0 Å². The summed E-state index contributed by atoms with van der Waals surface area (Å²) < 4.78 is 58.3. The maximum Gasteiger partial charge on any atom is 0.408 e. The van der Waals surface area contributed by atoms with Crippen molar-refractivity contribution in [2.75, 3.05) is 33.0 Å². The molecule has 1 aliphatic rings. The summed E-state index contributed by atoms with van der Waals surface area (Å²) in [6.07, 6.45) is 4.21. The molecule has 0 aromatic heterocycles. The molecule has 1 saturated heterocycles. The zero-order valence-corrected chi connectivity index (χ0v) is 19.8. The molecule has 3 atom stereocenters. The van der Waals surface area contributed by atoms with Crippen LogP contribution in [0.4, 0.5) is 18.0 Å². The minimum absolute atomic E-state index is 0.0592. The number of terminal acetylenes is 1. The minimum Gasteiger partial charge on any atom is -0.444 e. The van der Waals surface area contributed by atoms with Crippen LogP contribution in [0.2, 0.25) is 0 Å². The first-order valence-electron chi connectivity index (χ1n) is 11.0. The van der Waals surface area contributed by atoms with E-state index < -0.39 is 53.1 Å². The molecule has 1 heterocycles. The second-order valence-corrected chi connectivity index (χ2v) is 8.97. The summed E-state index contributed by atoms with van der Waals surface area (Å²) in [7, 11) is 0. The number of nitrogens with one attached hydrogen (secondary N) is 1. The van der Waals surface area contributed by atoms with Gasteiger partial charge in [0.05, 0.1) is 19.8 Å². The third-order valence-electron chi connectivity index (χ3n) is 5.29. The Balaban J connectivity index is 2.21. The number of carbonyl (C=O) groups is 2. The van der Waals surface area contributed by atoms with Crippen LogP contribution in [-0.2, 0) is 19.0 Å². The Labute approximate surface area is 197 Å². The van der Waals surface area contributed by atoms with Crippen molar-refractivity contribution in [2.24, 2.45) is 0 Å². The number of halogens is 3. The lowest BCUT2D eigenvalue weighted by atomic mass is 9.81. The molecule has 0 spiro atoms. The van der Waals surface area contributed by atoms with Gasteiger partial charge in [-0.05, 0) is 45.7 Å². The molecule has 188 valence electrons. The predicted molar refractivity (Wildman–Crippen MR) is 118 cm³/mol. The Kier molecular flexibility index (Phi) is 9.77. The molecule has 0 bridgehead atoms. The summed E-state index contributed by atoms with van der Waals surface area (Å²) in [5.41, 5.74) is -1.01. The zero-order valence-electron chi connectivity index (χ0n) is 19.8. The molecule has 1 N–H and O–H groups in total. The number of amides is 2. The van der Waals surface area contributed by atoms with E-state index in [1.807, 2.05) is 0 Å². The van der Waals surface area contributed by atoms with Crippen LogP contribution >= 0.6 is 0 Å². The molecule has 1 aromatic rings. The monoisotopic (exact) mass is 484 g/mol. The van der Waals surface area contributed by atoms with Crippen molar-refractivity contribution in [1.29, 1.82) is 0 Å². The highest BCUT2D eigenvalue weighted by molar-refractivity contribution is 5.87. The number of hydrogen-bond acceptors (Lipinski definition) is 5. The van der Waals surface area contributed by atoms with Gasteiger partial charge >= 0.3 is 6.09 Å². The number of alkyl carbamates (subject to hydrolysis) is 1. The molecule has 0 aliphatic carbocycles. The number of hydrogen-bond donors (Lipinski definition) is 1. The molecule has 2 rings (SSSR count). The highest BCUT2D eigenvalue weighted by atomic mass is 19.2. The highest BCUT2D eigenvalue weighted by Gasteiger charge is 2.42. The van der Waals surface area contributed by atoms with Crippen LogP contribution in [-0.4, -0.2) is 67.6 Å². The van der Waals surface area contributed by atoms with Crippen LogP contribution in [0.15, 0.2) is 12.1 Å². The molecular weight excluding hydrogens is 453 g/mol. The Morgan fingerprint density at radius 1 is 1.21 bits per heavy atom. The number of nitrogens with zero attached hydrogens (tertiary/aromatic N) is 1. The van der Waals surface area contributed by atoms with Gasteiger partial charge in [-0.3, -0.25) is 4.79 Å². The van der Waals surface area contributed by atoms with Gasteiger partial charge in [-0.15, -0.1) is 6.42 Å². The Hall–Kier alpha value is -2.77. The van der Waals surface area contributed by atoms with E-state index in [1.54, 1.807) is 27.7 Å². The topological polar surface area (TPSA) is 77.1 Å². The van der Waals surface area contributed by atoms with Crippen LogP contribution in [0.1, 0.15) is 45.6 Å². The largest absolute Gasteiger partial charge is 0.444 e. The first kappa shape index (κ1) is 27.5. The van der Waals surface area contributed by atoms with Crippen molar-refractivity contribution in [3.05, 3.63) is 35.1 Å². The lowest BCUT2D eigenvalue weighted by Crippen LogP contribution is -2.59.